The van der Waals surface area contributed by atoms with Crippen LogP contribution in [0.15, 0.2) is 36.4 Å². The molecule has 0 aliphatic carbocycles. The Labute approximate surface area is 190 Å². The number of methoxy groups -OCH3 is 2. The number of halogens is 3. The fourth-order valence-corrected chi connectivity index (χ4v) is 3.73. The van der Waals surface area contributed by atoms with Gasteiger partial charge in [-0.3, -0.25) is 14.5 Å². The molecule has 7 nitrogen and oxygen atoms in total. The number of piperazine rings is 1. The number of benzene rings is 2. The summed E-state index contributed by atoms with van der Waals surface area (Å²) in [6.45, 7) is 3.36. The first kappa shape index (κ1) is 24.4. The van der Waals surface area contributed by atoms with Crippen molar-refractivity contribution in [2.24, 2.45) is 0 Å². The molecule has 33 heavy (non-hydrogen) atoms. The average Bonchev–Trinajstić information content (AvgIpc) is 2.79. The Hall–Kier alpha value is -3.27. The van der Waals surface area contributed by atoms with Crippen LogP contribution >= 0.6 is 0 Å². The number of hydrogen-bond acceptors (Lipinski definition) is 5. The van der Waals surface area contributed by atoms with Crippen molar-refractivity contribution in [1.82, 2.24) is 9.80 Å². The van der Waals surface area contributed by atoms with Gasteiger partial charge in [0.2, 0.25) is 5.91 Å². The third-order valence-electron chi connectivity index (χ3n) is 5.53. The lowest BCUT2D eigenvalue weighted by Crippen LogP contribution is -2.50. The predicted molar refractivity (Wildman–Crippen MR) is 117 cm³/mol. The molecule has 1 aliphatic rings. The maximum Gasteiger partial charge on any atom is 0.418 e. The molecular weight excluding hydrogens is 439 g/mol. The fourth-order valence-electron chi connectivity index (χ4n) is 3.73. The molecular formula is C23H26F3N3O4. The highest BCUT2D eigenvalue weighted by atomic mass is 19.4. The third kappa shape index (κ3) is 5.75. The molecule has 1 N–H and O–H groups in total. The summed E-state index contributed by atoms with van der Waals surface area (Å²) in [5.74, 6) is 0.369. The number of alkyl halides is 3. The lowest BCUT2D eigenvalue weighted by atomic mass is 10.1. The maximum absolute atomic E-state index is 13.1. The second-order valence-electron chi connectivity index (χ2n) is 7.67. The van der Waals surface area contributed by atoms with Crippen molar-refractivity contribution in [3.8, 4) is 11.5 Å². The van der Waals surface area contributed by atoms with E-state index in [0.717, 1.165) is 11.6 Å². The molecule has 2 aromatic rings. The number of carbonyl (C=O) groups is 2. The largest absolute Gasteiger partial charge is 0.496 e. The molecule has 1 fully saturated rings. The van der Waals surface area contributed by atoms with E-state index < -0.39 is 17.6 Å². The smallest absolute Gasteiger partial charge is 0.418 e. The van der Waals surface area contributed by atoms with Gasteiger partial charge in [-0.1, -0.05) is 12.1 Å². The second-order valence-corrected chi connectivity index (χ2v) is 7.67. The summed E-state index contributed by atoms with van der Waals surface area (Å²) >= 11 is 0. The van der Waals surface area contributed by atoms with Crippen molar-refractivity contribution in [2.45, 2.75) is 13.1 Å². The van der Waals surface area contributed by atoms with Gasteiger partial charge in [0.15, 0.2) is 0 Å². The molecule has 1 heterocycles. The second kappa shape index (κ2) is 10.1. The van der Waals surface area contributed by atoms with Crippen LogP contribution in [-0.2, 0) is 11.0 Å². The Bertz CT molecular complexity index is 993. The summed E-state index contributed by atoms with van der Waals surface area (Å²) in [6, 6.07) is 8.19. The molecule has 2 aromatic carbocycles. The van der Waals surface area contributed by atoms with Crippen molar-refractivity contribution in [3.63, 3.8) is 0 Å². The number of anilines is 1. The zero-order valence-electron chi connectivity index (χ0n) is 18.7. The summed E-state index contributed by atoms with van der Waals surface area (Å²) in [7, 11) is 3.04. The lowest BCUT2D eigenvalue weighted by Gasteiger charge is -2.34. The van der Waals surface area contributed by atoms with E-state index >= 15 is 0 Å². The number of para-hydroxylation sites is 1. The number of amides is 2. The minimum atomic E-state index is -4.56. The molecule has 10 heteroatoms. The maximum atomic E-state index is 13.1. The van der Waals surface area contributed by atoms with Crippen LogP contribution in [0.3, 0.4) is 0 Å². The van der Waals surface area contributed by atoms with Gasteiger partial charge in [0.25, 0.3) is 5.91 Å². The Balaban J connectivity index is 1.59. The van der Waals surface area contributed by atoms with Crippen molar-refractivity contribution in [2.75, 3.05) is 52.3 Å². The molecule has 2 amide bonds. The normalized spacial score (nSPS) is 14.7. The number of nitrogens with one attached hydrogen (secondary N) is 1. The van der Waals surface area contributed by atoms with Crippen LogP contribution in [0.25, 0.3) is 0 Å². The van der Waals surface area contributed by atoms with Gasteiger partial charge in [-0.2, -0.15) is 13.2 Å². The summed E-state index contributed by atoms with van der Waals surface area (Å²) < 4.78 is 50.0. The van der Waals surface area contributed by atoms with E-state index in [0.29, 0.717) is 43.2 Å². The number of carbonyl (C=O) groups excluding carboxylic acids is 2. The van der Waals surface area contributed by atoms with Gasteiger partial charge < -0.3 is 19.7 Å². The van der Waals surface area contributed by atoms with Crippen LogP contribution in [-0.4, -0.2) is 68.6 Å². The highest BCUT2D eigenvalue weighted by molar-refractivity contribution is 5.95. The van der Waals surface area contributed by atoms with E-state index in [4.69, 9.17) is 9.47 Å². The predicted octanol–water partition coefficient (Wildman–Crippen LogP) is 3.43. The molecule has 3 rings (SSSR count). The molecule has 0 aromatic heterocycles. The highest BCUT2D eigenvalue weighted by Crippen LogP contribution is 2.34. The molecule has 1 aliphatic heterocycles. The van der Waals surface area contributed by atoms with Gasteiger partial charge in [0, 0.05) is 37.3 Å². The van der Waals surface area contributed by atoms with Crippen molar-refractivity contribution >= 4 is 17.5 Å². The molecule has 0 radical (unpaired) electrons. The lowest BCUT2D eigenvalue weighted by molar-refractivity contribution is -0.137. The SMILES string of the molecule is COc1cc(C(=O)N2CCN(CC(=O)Nc3ccccc3C(F)(F)F)CC2)cc(OC)c1C. The molecule has 0 unspecified atom stereocenters. The minimum absolute atomic E-state index is 0.0690. The number of rotatable bonds is 6. The molecule has 0 spiro atoms. The number of nitrogens with zero attached hydrogens (tertiary/aromatic N) is 2. The van der Waals surface area contributed by atoms with Crippen molar-refractivity contribution < 1.29 is 32.2 Å². The van der Waals surface area contributed by atoms with Gasteiger partial charge in [-0.15, -0.1) is 0 Å². The van der Waals surface area contributed by atoms with E-state index in [1.54, 1.807) is 21.9 Å². The molecule has 0 atom stereocenters. The van der Waals surface area contributed by atoms with E-state index in [1.807, 2.05) is 6.92 Å². The summed E-state index contributed by atoms with van der Waals surface area (Å²) in [5.41, 5.74) is 0.0625. The summed E-state index contributed by atoms with van der Waals surface area (Å²) in [6.07, 6.45) is -4.56. The zero-order valence-corrected chi connectivity index (χ0v) is 18.7. The molecule has 1 saturated heterocycles. The number of ether oxygens (including phenoxy) is 2. The summed E-state index contributed by atoms with van der Waals surface area (Å²) in [4.78, 5) is 28.8. The van der Waals surface area contributed by atoms with Gasteiger partial charge in [-0.05, 0) is 31.2 Å². The highest BCUT2D eigenvalue weighted by Gasteiger charge is 2.33. The standard InChI is InChI=1S/C23H26F3N3O4/c1-15-19(32-2)12-16(13-20(15)33-3)22(31)29-10-8-28(9-11-29)14-21(30)27-18-7-5-4-6-17(18)23(24,25)26/h4-7,12-13H,8-11,14H2,1-3H3,(H,27,30). The van der Waals surface area contributed by atoms with Gasteiger partial charge >= 0.3 is 6.18 Å². The van der Waals surface area contributed by atoms with Crippen LogP contribution in [0.2, 0.25) is 0 Å². The first-order valence-corrected chi connectivity index (χ1v) is 10.3. The number of hydrogen-bond donors (Lipinski definition) is 1. The van der Waals surface area contributed by atoms with Gasteiger partial charge in [0.1, 0.15) is 11.5 Å². The van der Waals surface area contributed by atoms with E-state index in [1.165, 1.54) is 32.4 Å². The summed E-state index contributed by atoms with van der Waals surface area (Å²) in [5, 5.41) is 2.35. The molecule has 0 bridgehead atoms. The third-order valence-corrected chi connectivity index (χ3v) is 5.53. The van der Waals surface area contributed by atoms with E-state index in [-0.39, 0.29) is 18.1 Å². The molecule has 178 valence electrons. The average molecular weight is 465 g/mol. The van der Waals surface area contributed by atoms with Crippen molar-refractivity contribution in [3.05, 3.63) is 53.1 Å². The van der Waals surface area contributed by atoms with Crippen LogP contribution < -0.4 is 14.8 Å². The Morgan fingerprint density at radius 3 is 2.12 bits per heavy atom. The van der Waals surface area contributed by atoms with Crippen LogP contribution in [0, 0.1) is 6.92 Å². The first-order chi connectivity index (χ1) is 15.6. The Morgan fingerprint density at radius 2 is 1.58 bits per heavy atom. The van der Waals surface area contributed by atoms with Gasteiger partial charge in [-0.25, -0.2) is 0 Å². The topological polar surface area (TPSA) is 71.1 Å². The van der Waals surface area contributed by atoms with E-state index in [2.05, 4.69) is 5.32 Å². The quantitative estimate of drug-likeness (QED) is 0.708. The van der Waals surface area contributed by atoms with Crippen LogP contribution in [0.1, 0.15) is 21.5 Å². The van der Waals surface area contributed by atoms with Gasteiger partial charge in [0.05, 0.1) is 32.0 Å². The minimum Gasteiger partial charge on any atom is -0.496 e. The monoisotopic (exact) mass is 465 g/mol. The van der Waals surface area contributed by atoms with Crippen LogP contribution in [0.5, 0.6) is 11.5 Å². The van der Waals surface area contributed by atoms with Crippen LogP contribution in [0.4, 0.5) is 18.9 Å². The van der Waals surface area contributed by atoms with Crippen molar-refractivity contribution in [1.29, 1.82) is 0 Å². The molecule has 0 saturated carbocycles. The Morgan fingerprint density at radius 1 is 1.00 bits per heavy atom. The first-order valence-electron chi connectivity index (χ1n) is 10.3. The fraction of sp³-hybridized carbons (Fsp3) is 0.391. The Kier molecular flexibility index (Phi) is 7.47. The van der Waals surface area contributed by atoms with E-state index in [9.17, 15) is 22.8 Å². The zero-order chi connectivity index (χ0) is 24.2.